The fourth-order valence-electron chi connectivity index (χ4n) is 2.91. The number of aromatic nitrogens is 1. The van der Waals surface area contributed by atoms with Gasteiger partial charge in [-0.3, -0.25) is 4.79 Å². The summed E-state index contributed by atoms with van der Waals surface area (Å²) in [5.41, 5.74) is 9.06. The number of ether oxygens (including phenoxy) is 2. The maximum Gasteiger partial charge on any atom is 0.317 e. The lowest BCUT2D eigenvalue weighted by Gasteiger charge is -2.17. The predicted octanol–water partition coefficient (Wildman–Crippen LogP) is 3.45. The number of rotatable bonds is 5. The van der Waals surface area contributed by atoms with Gasteiger partial charge < -0.3 is 20.2 Å². The van der Waals surface area contributed by atoms with Crippen molar-refractivity contribution in [1.82, 2.24) is 4.98 Å². The number of benzene rings is 2. The molecule has 24 heavy (non-hydrogen) atoms. The first-order valence-electron chi connectivity index (χ1n) is 7.81. The van der Waals surface area contributed by atoms with E-state index in [1.165, 1.54) is 0 Å². The Kier molecular flexibility index (Phi) is 4.42. The molecule has 5 heteroatoms. The summed E-state index contributed by atoms with van der Waals surface area (Å²) >= 11 is 0. The molecule has 124 valence electrons. The number of carbonyl (C=O) groups excluding carboxylic acids is 1. The van der Waals surface area contributed by atoms with Gasteiger partial charge in [-0.15, -0.1) is 0 Å². The quantitative estimate of drug-likeness (QED) is 0.556. The first-order chi connectivity index (χ1) is 11.7. The third-order valence-electron chi connectivity index (χ3n) is 4.05. The molecule has 1 heterocycles. The first kappa shape index (κ1) is 15.9. The van der Waals surface area contributed by atoms with Crippen molar-refractivity contribution >= 4 is 22.6 Å². The van der Waals surface area contributed by atoms with Crippen molar-refractivity contribution in [3.63, 3.8) is 0 Å². The van der Waals surface area contributed by atoms with Crippen LogP contribution in [0.4, 0.5) is 5.69 Å². The molecule has 1 atom stereocenters. The Bertz CT molecular complexity index is 870. The SMILES string of the molecule is CCOC(=O)C(c1ccc(N)c(OC)c1)c1c[nH]c2ccccc12. The minimum absolute atomic E-state index is 0.297. The van der Waals surface area contributed by atoms with E-state index in [0.717, 1.165) is 22.0 Å². The Morgan fingerprint density at radius 1 is 1.25 bits per heavy atom. The zero-order valence-corrected chi connectivity index (χ0v) is 13.7. The second-order valence-corrected chi connectivity index (χ2v) is 5.48. The molecule has 0 amide bonds. The van der Waals surface area contributed by atoms with Crippen LogP contribution >= 0.6 is 0 Å². The summed E-state index contributed by atoms with van der Waals surface area (Å²) in [5, 5.41) is 0.992. The second-order valence-electron chi connectivity index (χ2n) is 5.48. The lowest BCUT2D eigenvalue weighted by atomic mass is 9.90. The minimum atomic E-state index is -0.546. The number of aromatic amines is 1. The van der Waals surface area contributed by atoms with Gasteiger partial charge in [-0.1, -0.05) is 24.3 Å². The normalized spacial score (nSPS) is 12.1. The van der Waals surface area contributed by atoms with E-state index in [9.17, 15) is 4.79 Å². The molecule has 2 aromatic carbocycles. The molecule has 0 spiro atoms. The molecule has 0 saturated heterocycles. The molecule has 3 aromatic rings. The van der Waals surface area contributed by atoms with Crippen molar-refractivity contribution in [3.05, 3.63) is 59.8 Å². The third kappa shape index (κ3) is 2.80. The van der Waals surface area contributed by atoms with Crippen LogP contribution in [-0.2, 0) is 9.53 Å². The molecule has 0 aliphatic heterocycles. The van der Waals surface area contributed by atoms with Crippen molar-refractivity contribution in [2.75, 3.05) is 19.5 Å². The molecular weight excluding hydrogens is 304 g/mol. The number of hydrogen-bond donors (Lipinski definition) is 2. The van der Waals surface area contributed by atoms with Crippen LogP contribution < -0.4 is 10.5 Å². The summed E-state index contributed by atoms with van der Waals surface area (Å²) in [7, 11) is 1.56. The molecule has 0 radical (unpaired) electrons. The fourth-order valence-corrected chi connectivity index (χ4v) is 2.91. The van der Waals surface area contributed by atoms with Crippen LogP contribution in [0.1, 0.15) is 24.0 Å². The van der Waals surface area contributed by atoms with Crippen molar-refractivity contribution < 1.29 is 14.3 Å². The summed E-state index contributed by atoms with van der Waals surface area (Å²) in [6.07, 6.45) is 1.86. The van der Waals surface area contributed by atoms with Crippen LogP contribution in [0.15, 0.2) is 48.7 Å². The number of H-pyrrole nitrogens is 1. The van der Waals surface area contributed by atoms with E-state index < -0.39 is 5.92 Å². The van der Waals surface area contributed by atoms with Crippen LogP contribution in [0.2, 0.25) is 0 Å². The van der Waals surface area contributed by atoms with Crippen molar-refractivity contribution in [3.8, 4) is 5.75 Å². The highest BCUT2D eigenvalue weighted by Crippen LogP contribution is 2.35. The molecule has 0 aliphatic carbocycles. The van der Waals surface area contributed by atoms with E-state index in [-0.39, 0.29) is 5.97 Å². The minimum Gasteiger partial charge on any atom is -0.495 e. The zero-order valence-electron chi connectivity index (χ0n) is 13.7. The maximum absolute atomic E-state index is 12.7. The van der Waals surface area contributed by atoms with E-state index >= 15 is 0 Å². The Balaban J connectivity index is 2.15. The Morgan fingerprint density at radius 3 is 2.79 bits per heavy atom. The lowest BCUT2D eigenvalue weighted by Crippen LogP contribution is -2.17. The van der Waals surface area contributed by atoms with E-state index in [1.54, 1.807) is 26.2 Å². The third-order valence-corrected chi connectivity index (χ3v) is 4.05. The van der Waals surface area contributed by atoms with Crippen LogP contribution in [0.5, 0.6) is 5.75 Å². The summed E-state index contributed by atoms with van der Waals surface area (Å²) in [4.78, 5) is 15.9. The van der Waals surface area contributed by atoms with Crippen molar-refractivity contribution in [2.45, 2.75) is 12.8 Å². The van der Waals surface area contributed by atoms with Gasteiger partial charge in [-0.25, -0.2) is 0 Å². The number of anilines is 1. The van der Waals surface area contributed by atoms with Gasteiger partial charge in [-0.2, -0.15) is 0 Å². The highest BCUT2D eigenvalue weighted by molar-refractivity contribution is 5.92. The van der Waals surface area contributed by atoms with E-state index in [4.69, 9.17) is 15.2 Å². The van der Waals surface area contributed by atoms with E-state index in [2.05, 4.69) is 4.98 Å². The zero-order chi connectivity index (χ0) is 17.1. The van der Waals surface area contributed by atoms with Gasteiger partial charge in [0.15, 0.2) is 0 Å². The molecule has 3 N–H and O–H groups in total. The Hall–Kier alpha value is -2.95. The maximum atomic E-state index is 12.7. The van der Waals surface area contributed by atoms with E-state index in [1.807, 2.05) is 36.5 Å². The van der Waals surface area contributed by atoms with Gasteiger partial charge >= 0.3 is 5.97 Å². The first-order valence-corrected chi connectivity index (χ1v) is 7.81. The summed E-state index contributed by atoms with van der Waals surface area (Å²) in [6, 6.07) is 13.2. The van der Waals surface area contributed by atoms with Crippen LogP contribution in [-0.4, -0.2) is 24.7 Å². The van der Waals surface area contributed by atoms with Gasteiger partial charge in [0.25, 0.3) is 0 Å². The van der Waals surface area contributed by atoms with E-state index in [0.29, 0.717) is 18.0 Å². The number of nitrogens with two attached hydrogens (primary N) is 1. The fraction of sp³-hybridized carbons (Fsp3) is 0.211. The van der Waals surface area contributed by atoms with Crippen molar-refractivity contribution in [2.24, 2.45) is 0 Å². The van der Waals surface area contributed by atoms with Crippen molar-refractivity contribution in [1.29, 1.82) is 0 Å². The van der Waals surface area contributed by atoms with Gasteiger partial charge in [0.05, 0.1) is 19.4 Å². The average molecular weight is 324 g/mol. The number of methoxy groups -OCH3 is 1. The Morgan fingerprint density at radius 2 is 2.04 bits per heavy atom. The van der Waals surface area contributed by atoms with Crippen LogP contribution in [0, 0.1) is 0 Å². The number of esters is 1. The number of carbonyl (C=O) groups is 1. The molecule has 3 rings (SSSR count). The summed E-state index contributed by atoms with van der Waals surface area (Å²) < 4.78 is 10.6. The molecule has 5 nitrogen and oxygen atoms in total. The highest BCUT2D eigenvalue weighted by atomic mass is 16.5. The molecule has 1 aromatic heterocycles. The monoisotopic (exact) mass is 324 g/mol. The topological polar surface area (TPSA) is 77.3 Å². The van der Waals surface area contributed by atoms with Gasteiger partial charge in [0, 0.05) is 17.1 Å². The van der Waals surface area contributed by atoms with Gasteiger partial charge in [0.1, 0.15) is 11.7 Å². The largest absolute Gasteiger partial charge is 0.495 e. The highest BCUT2D eigenvalue weighted by Gasteiger charge is 2.27. The molecule has 0 saturated carbocycles. The van der Waals surface area contributed by atoms with Crippen LogP contribution in [0.3, 0.4) is 0 Å². The second kappa shape index (κ2) is 6.66. The van der Waals surface area contributed by atoms with Gasteiger partial charge in [-0.05, 0) is 36.2 Å². The molecule has 0 aliphatic rings. The number of nitrogens with one attached hydrogen (secondary N) is 1. The Labute approximate surface area is 140 Å². The van der Waals surface area contributed by atoms with Gasteiger partial charge in [0.2, 0.25) is 0 Å². The summed E-state index contributed by atoms with van der Waals surface area (Å²) in [6.45, 7) is 2.12. The average Bonchev–Trinajstić information content (AvgIpc) is 3.01. The molecular formula is C19H20N2O3. The predicted molar refractivity (Wildman–Crippen MR) is 94.2 cm³/mol. The number of fused-ring (bicyclic) bond motifs is 1. The number of para-hydroxylation sites is 1. The smallest absolute Gasteiger partial charge is 0.317 e. The number of hydrogen-bond acceptors (Lipinski definition) is 4. The standard InChI is InChI=1S/C19H20N2O3/c1-3-24-19(22)18(12-8-9-15(20)17(10-12)23-2)14-11-21-16-7-5-4-6-13(14)16/h4-11,18,21H,3,20H2,1-2H3. The molecule has 1 unspecified atom stereocenters. The molecule has 0 fully saturated rings. The number of nitrogen functional groups attached to an aromatic ring is 1. The van der Waals surface area contributed by atoms with Crippen LogP contribution in [0.25, 0.3) is 10.9 Å². The lowest BCUT2D eigenvalue weighted by molar-refractivity contribution is -0.143. The molecule has 0 bridgehead atoms. The summed E-state index contributed by atoms with van der Waals surface area (Å²) in [5.74, 6) is -0.300.